The van der Waals surface area contributed by atoms with Crippen molar-refractivity contribution < 1.29 is 17.9 Å². The molecule has 2 N–H and O–H groups in total. The first-order valence-electron chi connectivity index (χ1n) is 16.9. The number of rotatable bonds is 10. The Hall–Kier alpha value is -3.96. The molecule has 1 saturated heterocycles. The van der Waals surface area contributed by atoms with Crippen LogP contribution in [0.4, 0.5) is 11.4 Å². The fourth-order valence-corrected chi connectivity index (χ4v) is 7.80. The number of nitrogens with zero attached hydrogens (tertiary/aromatic N) is 4. The average Bonchev–Trinajstić information content (AvgIpc) is 3.59. The van der Waals surface area contributed by atoms with Gasteiger partial charge in [0.2, 0.25) is 15.9 Å². The summed E-state index contributed by atoms with van der Waals surface area (Å²) in [6.07, 6.45) is 9.14. The fraction of sp³-hybridized carbons (Fsp3) is 0.486. The van der Waals surface area contributed by atoms with Crippen LogP contribution in [0.25, 0.3) is 5.65 Å². The van der Waals surface area contributed by atoms with Crippen molar-refractivity contribution in [3.05, 3.63) is 83.3 Å². The summed E-state index contributed by atoms with van der Waals surface area (Å²) in [6.45, 7) is 9.45. The lowest BCUT2D eigenvalue weighted by atomic mass is 9.79. The third-order valence-corrected chi connectivity index (χ3v) is 10.6. The Morgan fingerprint density at radius 1 is 1.04 bits per heavy atom. The smallest absolute Gasteiger partial charge is 0.229 e. The van der Waals surface area contributed by atoms with E-state index >= 15 is 0 Å². The summed E-state index contributed by atoms with van der Waals surface area (Å²) in [7, 11) is -1.30. The topological polar surface area (TPSA) is 118 Å². The highest BCUT2D eigenvalue weighted by atomic mass is 32.2. The van der Waals surface area contributed by atoms with Gasteiger partial charge in [0.25, 0.3) is 0 Å². The van der Waals surface area contributed by atoms with Crippen LogP contribution in [0.15, 0.2) is 60.8 Å². The van der Waals surface area contributed by atoms with Gasteiger partial charge in [0.15, 0.2) is 11.5 Å². The van der Waals surface area contributed by atoms with Crippen LogP contribution in [0.1, 0.15) is 107 Å². The molecule has 0 saturated carbocycles. The molecule has 0 spiro atoms. The van der Waals surface area contributed by atoms with Crippen molar-refractivity contribution in [2.24, 2.45) is 0 Å². The zero-order valence-electron chi connectivity index (χ0n) is 28.9. The van der Waals surface area contributed by atoms with E-state index in [1.165, 1.54) is 11.1 Å². The minimum absolute atomic E-state index is 0.0623. The van der Waals surface area contributed by atoms with Crippen molar-refractivity contribution in [1.29, 1.82) is 0 Å². The van der Waals surface area contributed by atoms with Gasteiger partial charge in [-0.15, -0.1) is 10.2 Å². The molecule has 2 aliphatic rings. The highest BCUT2D eigenvalue weighted by Crippen LogP contribution is 2.42. The number of fused-ring (bicyclic) bond motifs is 2. The second-order valence-corrected chi connectivity index (χ2v) is 16.5. The Balaban J connectivity index is 1.10. The van der Waals surface area contributed by atoms with Crippen LogP contribution >= 0.6 is 0 Å². The zero-order valence-corrected chi connectivity index (χ0v) is 29.7. The van der Waals surface area contributed by atoms with Crippen LogP contribution in [0.3, 0.4) is 0 Å². The molecular formula is C37H48N6O4S. The molecule has 11 heteroatoms. The number of likely N-dealkylation sites (tertiary alicyclic amines) is 1. The van der Waals surface area contributed by atoms with Crippen molar-refractivity contribution in [2.45, 2.75) is 95.6 Å². The third-order valence-electron chi connectivity index (χ3n) is 10.0. The van der Waals surface area contributed by atoms with E-state index < -0.39 is 10.0 Å². The van der Waals surface area contributed by atoms with Crippen molar-refractivity contribution >= 4 is 33.0 Å². The van der Waals surface area contributed by atoms with E-state index in [1.807, 2.05) is 30.5 Å². The lowest BCUT2D eigenvalue weighted by molar-refractivity contribution is -0.116. The Labute approximate surface area is 284 Å². The summed E-state index contributed by atoms with van der Waals surface area (Å²) < 4.78 is 35.1. The number of benzene rings is 2. The van der Waals surface area contributed by atoms with Gasteiger partial charge in [0, 0.05) is 12.1 Å². The van der Waals surface area contributed by atoms with E-state index in [1.54, 1.807) is 6.07 Å². The summed E-state index contributed by atoms with van der Waals surface area (Å²) in [5.41, 5.74) is 4.89. The molecule has 2 aromatic carbocycles. The first-order chi connectivity index (χ1) is 22.7. The van der Waals surface area contributed by atoms with Gasteiger partial charge in [-0.2, -0.15) is 0 Å². The summed E-state index contributed by atoms with van der Waals surface area (Å²) in [5, 5.41) is 12.0. The number of anilines is 2. The molecule has 1 fully saturated rings. The maximum Gasteiger partial charge on any atom is 0.229 e. The first kappa shape index (κ1) is 33.9. The van der Waals surface area contributed by atoms with Gasteiger partial charge >= 0.3 is 0 Å². The van der Waals surface area contributed by atoms with Crippen molar-refractivity contribution in [3.63, 3.8) is 0 Å². The minimum atomic E-state index is -3.45. The standard InChI is InChI=1S/C37H48N6O4S/c1-36(2,3)26-21-27(23-28(22-26)41-48(6,45)46)38-34(44)14-9-11-25-15-17-32(31-13-8-7-12-30(25)31)47-29-16-18-33-39-40-35(43(33)24-29)37(4)19-10-20-42(37)5/h7-8,12-13,16,18,21-25,32,41H,9-11,14-15,17,19-20H2,1-6H3,(H,38,44)/t25-,32+,37-/m0/s1. The van der Waals surface area contributed by atoms with E-state index in [0.29, 0.717) is 23.7 Å². The minimum Gasteiger partial charge on any atom is -0.484 e. The second-order valence-electron chi connectivity index (χ2n) is 14.8. The molecule has 1 amide bonds. The van der Waals surface area contributed by atoms with Crippen LogP contribution in [0.5, 0.6) is 5.75 Å². The molecule has 256 valence electrons. The van der Waals surface area contributed by atoms with Gasteiger partial charge in [0.05, 0.1) is 23.7 Å². The number of amides is 1. The number of ether oxygens (including phenoxy) is 1. The van der Waals surface area contributed by atoms with E-state index in [9.17, 15) is 13.2 Å². The van der Waals surface area contributed by atoms with Crippen LogP contribution in [-0.4, -0.2) is 53.7 Å². The van der Waals surface area contributed by atoms with Crippen molar-refractivity contribution in [2.75, 3.05) is 29.9 Å². The van der Waals surface area contributed by atoms with E-state index in [4.69, 9.17) is 4.74 Å². The molecule has 3 atom stereocenters. The SMILES string of the molecule is CN1CCC[C@@]1(C)c1nnc2ccc(O[C@@H]3CC[C@H](CCCC(=O)Nc4cc(NS(C)(=O)=O)cc(C(C)(C)C)c4)c4ccccc43)cn12. The third kappa shape index (κ3) is 7.37. The highest BCUT2D eigenvalue weighted by Gasteiger charge is 2.39. The lowest BCUT2D eigenvalue weighted by Crippen LogP contribution is -2.37. The molecule has 2 aromatic heterocycles. The summed E-state index contributed by atoms with van der Waals surface area (Å²) in [6, 6.07) is 17.9. The predicted molar refractivity (Wildman–Crippen MR) is 190 cm³/mol. The second kappa shape index (κ2) is 13.2. The van der Waals surface area contributed by atoms with E-state index in [2.05, 4.69) is 88.5 Å². The number of hydrogen-bond acceptors (Lipinski definition) is 7. The monoisotopic (exact) mass is 672 g/mol. The van der Waals surface area contributed by atoms with Crippen LogP contribution in [0, 0.1) is 0 Å². The average molecular weight is 673 g/mol. The molecular weight excluding hydrogens is 625 g/mol. The van der Waals surface area contributed by atoms with Gasteiger partial charge in [-0.1, -0.05) is 45.0 Å². The molecule has 0 unspecified atom stereocenters. The quantitative estimate of drug-likeness (QED) is 0.184. The lowest BCUT2D eigenvalue weighted by Gasteiger charge is -2.32. The van der Waals surface area contributed by atoms with Crippen LogP contribution in [0.2, 0.25) is 0 Å². The Morgan fingerprint density at radius 2 is 1.79 bits per heavy atom. The van der Waals surface area contributed by atoms with Gasteiger partial charge in [0.1, 0.15) is 11.9 Å². The largest absolute Gasteiger partial charge is 0.484 e. The molecule has 6 rings (SSSR count). The number of aromatic nitrogens is 3. The van der Waals surface area contributed by atoms with Crippen LogP contribution in [-0.2, 0) is 25.8 Å². The Morgan fingerprint density at radius 3 is 2.50 bits per heavy atom. The number of nitrogens with one attached hydrogen (secondary N) is 2. The number of carbonyl (C=O) groups excluding carboxylic acids is 1. The Bertz CT molecular complexity index is 1920. The predicted octanol–water partition coefficient (Wildman–Crippen LogP) is 7.15. The van der Waals surface area contributed by atoms with Gasteiger partial charge in [-0.05, 0) is 117 Å². The molecule has 0 bridgehead atoms. The highest BCUT2D eigenvalue weighted by molar-refractivity contribution is 7.92. The van der Waals surface area contributed by atoms with E-state index in [-0.39, 0.29) is 23.0 Å². The number of carbonyl (C=O) groups is 1. The first-order valence-corrected chi connectivity index (χ1v) is 18.8. The van der Waals surface area contributed by atoms with Gasteiger partial charge < -0.3 is 10.1 Å². The molecule has 1 aliphatic carbocycles. The van der Waals surface area contributed by atoms with Gasteiger partial charge in [-0.25, -0.2) is 8.42 Å². The van der Waals surface area contributed by atoms with E-state index in [0.717, 1.165) is 74.1 Å². The van der Waals surface area contributed by atoms with Gasteiger partial charge in [-0.3, -0.25) is 18.8 Å². The Kier molecular flexibility index (Phi) is 9.30. The number of hydrogen-bond donors (Lipinski definition) is 2. The molecule has 48 heavy (non-hydrogen) atoms. The molecule has 0 radical (unpaired) electrons. The zero-order chi connectivity index (χ0) is 34.3. The number of pyridine rings is 1. The number of sulfonamides is 1. The fourth-order valence-electron chi connectivity index (χ4n) is 7.25. The maximum atomic E-state index is 13.0. The van der Waals surface area contributed by atoms with Crippen LogP contribution < -0.4 is 14.8 Å². The summed E-state index contributed by atoms with van der Waals surface area (Å²) >= 11 is 0. The van der Waals surface area contributed by atoms with Crippen molar-refractivity contribution in [3.8, 4) is 5.75 Å². The molecule has 1 aliphatic heterocycles. The molecule has 4 aromatic rings. The molecule has 10 nitrogen and oxygen atoms in total. The summed E-state index contributed by atoms with van der Waals surface area (Å²) in [4.78, 5) is 15.4. The maximum absolute atomic E-state index is 13.0. The summed E-state index contributed by atoms with van der Waals surface area (Å²) in [5.74, 6) is 2.00. The normalized spacial score (nSPS) is 21.6. The molecule has 3 heterocycles. The van der Waals surface area contributed by atoms with Crippen molar-refractivity contribution in [1.82, 2.24) is 19.5 Å².